The van der Waals surface area contributed by atoms with Crippen molar-refractivity contribution in [2.45, 2.75) is 12.7 Å². The number of alkyl halides is 3. The predicted octanol–water partition coefficient (Wildman–Crippen LogP) is 5.90. The largest absolute Gasteiger partial charge is 0.417 e. The summed E-state index contributed by atoms with van der Waals surface area (Å²) in [7, 11) is 1.59. The number of hydrogen-bond acceptors (Lipinski definition) is 4. The average Bonchev–Trinajstić information content (AvgIpc) is 3.32. The number of aromatic nitrogens is 4. The number of amides is 2. The lowest BCUT2D eigenvalue weighted by Gasteiger charge is -2.35. The van der Waals surface area contributed by atoms with Gasteiger partial charge in [0.15, 0.2) is 0 Å². The highest BCUT2D eigenvalue weighted by atomic mass is 19.4. The first-order valence-electron chi connectivity index (χ1n) is 10.7. The van der Waals surface area contributed by atoms with Crippen LogP contribution in [0.15, 0.2) is 67.3 Å². The fourth-order valence-electron chi connectivity index (χ4n) is 4.48. The monoisotopic (exact) mass is 474 g/mol. The van der Waals surface area contributed by atoms with Crippen LogP contribution in [0.2, 0.25) is 0 Å². The molecule has 1 aliphatic rings. The van der Waals surface area contributed by atoms with Crippen molar-refractivity contribution in [3.8, 4) is 11.1 Å². The molecule has 0 bridgehead atoms. The van der Waals surface area contributed by atoms with E-state index in [9.17, 15) is 18.0 Å². The van der Waals surface area contributed by atoms with Crippen molar-refractivity contribution >= 4 is 39.5 Å². The zero-order chi connectivity index (χ0) is 24.3. The van der Waals surface area contributed by atoms with Crippen molar-refractivity contribution in [1.29, 1.82) is 0 Å². The van der Waals surface area contributed by atoms with E-state index in [1.807, 2.05) is 0 Å². The van der Waals surface area contributed by atoms with E-state index in [0.29, 0.717) is 38.9 Å². The minimum Gasteiger partial charge on any atom is -0.346 e. The first-order valence-corrected chi connectivity index (χ1v) is 10.7. The number of rotatable bonds is 2. The molecule has 4 aromatic heterocycles. The number of hydrogen-bond donors (Lipinski definition) is 1. The molecule has 0 aliphatic carbocycles. The standard InChI is InChI=1S/C25H17F3N6O/c1-33-13-16-12-31-20-3-2-7-29-21(20)22(16)34(24(33)35)17-4-5-18(19(10-17)25(26,27)28)15-9-14-6-8-30-23(14)32-11-15/h2-12H,13H2,1H3,(H,30,32). The number of benzene rings is 1. The molecule has 0 atom stereocenters. The summed E-state index contributed by atoms with van der Waals surface area (Å²) < 4.78 is 42.9. The smallest absolute Gasteiger partial charge is 0.346 e. The highest BCUT2D eigenvalue weighted by molar-refractivity contribution is 6.08. The van der Waals surface area contributed by atoms with E-state index >= 15 is 0 Å². The molecule has 5 aromatic rings. The van der Waals surface area contributed by atoms with Gasteiger partial charge >= 0.3 is 12.2 Å². The van der Waals surface area contributed by atoms with Gasteiger partial charge in [-0.15, -0.1) is 0 Å². The van der Waals surface area contributed by atoms with E-state index in [1.54, 1.807) is 49.9 Å². The number of pyridine rings is 3. The van der Waals surface area contributed by atoms with E-state index < -0.39 is 17.8 Å². The van der Waals surface area contributed by atoms with Crippen LogP contribution < -0.4 is 4.90 Å². The summed E-state index contributed by atoms with van der Waals surface area (Å²) in [4.78, 5) is 31.9. The average molecular weight is 474 g/mol. The predicted molar refractivity (Wildman–Crippen MR) is 125 cm³/mol. The lowest BCUT2D eigenvalue weighted by Crippen LogP contribution is -2.42. The fourth-order valence-corrected chi connectivity index (χ4v) is 4.48. The Morgan fingerprint density at radius 3 is 2.71 bits per heavy atom. The van der Waals surface area contributed by atoms with Crippen LogP contribution in [0.1, 0.15) is 11.1 Å². The summed E-state index contributed by atoms with van der Waals surface area (Å²) in [6.07, 6.45) is 1.62. The van der Waals surface area contributed by atoms with Crippen molar-refractivity contribution < 1.29 is 18.0 Å². The zero-order valence-electron chi connectivity index (χ0n) is 18.3. The second-order valence-electron chi connectivity index (χ2n) is 8.34. The molecular formula is C25H17F3N6O. The molecule has 174 valence electrons. The molecule has 6 rings (SSSR count). The van der Waals surface area contributed by atoms with Crippen LogP contribution in [-0.4, -0.2) is 37.9 Å². The topological polar surface area (TPSA) is 78.0 Å². The second kappa shape index (κ2) is 7.52. The molecule has 0 saturated heterocycles. The number of anilines is 2. The number of urea groups is 1. The summed E-state index contributed by atoms with van der Waals surface area (Å²) in [6, 6.07) is 10.3. The Hall–Kier alpha value is -4.47. The second-order valence-corrected chi connectivity index (χ2v) is 8.34. The summed E-state index contributed by atoms with van der Waals surface area (Å²) in [6.45, 7) is 0.275. The maximum atomic E-state index is 14.3. The van der Waals surface area contributed by atoms with Crippen LogP contribution in [0.3, 0.4) is 0 Å². The Morgan fingerprint density at radius 2 is 1.89 bits per heavy atom. The molecule has 1 aliphatic heterocycles. The normalized spacial score (nSPS) is 14.1. The highest BCUT2D eigenvalue weighted by Gasteiger charge is 2.37. The molecule has 0 saturated carbocycles. The number of fused-ring (bicyclic) bond motifs is 4. The van der Waals surface area contributed by atoms with E-state index in [0.717, 1.165) is 6.07 Å². The molecule has 0 radical (unpaired) electrons. The molecule has 1 N–H and O–H groups in total. The van der Waals surface area contributed by atoms with Gasteiger partial charge in [-0.2, -0.15) is 13.2 Å². The number of aromatic amines is 1. The summed E-state index contributed by atoms with van der Waals surface area (Å²) in [5.41, 5.74) is 2.26. The van der Waals surface area contributed by atoms with Gasteiger partial charge in [0.05, 0.1) is 29.0 Å². The maximum Gasteiger partial charge on any atom is 0.417 e. The van der Waals surface area contributed by atoms with E-state index in [1.165, 1.54) is 28.1 Å². The van der Waals surface area contributed by atoms with Gasteiger partial charge in [-0.25, -0.2) is 9.78 Å². The minimum atomic E-state index is -4.66. The SMILES string of the molecule is CN1Cc2cnc3cccnc3c2N(c2ccc(-c3cnc4[nH]ccc4c3)c(C(F)(F)F)c2)C1=O. The molecule has 35 heavy (non-hydrogen) atoms. The zero-order valence-corrected chi connectivity index (χ0v) is 18.3. The van der Waals surface area contributed by atoms with Gasteiger partial charge in [-0.1, -0.05) is 6.07 Å². The van der Waals surface area contributed by atoms with Gasteiger partial charge in [0.2, 0.25) is 0 Å². The molecule has 5 heterocycles. The van der Waals surface area contributed by atoms with Crippen LogP contribution in [-0.2, 0) is 12.7 Å². The molecule has 7 nitrogen and oxygen atoms in total. The minimum absolute atomic E-state index is 0.0207. The number of carbonyl (C=O) groups excluding carboxylic acids is 1. The molecular weight excluding hydrogens is 457 g/mol. The Kier molecular flexibility index (Phi) is 4.53. The van der Waals surface area contributed by atoms with E-state index in [4.69, 9.17) is 0 Å². The molecule has 2 amide bonds. The van der Waals surface area contributed by atoms with Crippen molar-refractivity contribution in [2.75, 3.05) is 11.9 Å². The van der Waals surface area contributed by atoms with Crippen LogP contribution >= 0.6 is 0 Å². The Morgan fingerprint density at radius 1 is 1.03 bits per heavy atom. The molecule has 10 heteroatoms. The quantitative estimate of drug-likeness (QED) is 0.346. The number of carbonyl (C=O) groups is 1. The van der Waals surface area contributed by atoms with E-state index in [-0.39, 0.29) is 17.8 Å². The van der Waals surface area contributed by atoms with Gasteiger partial charge in [-0.3, -0.25) is 14.9 Å². The van der Waals surface area contributed by atoms with Crippen molar-refractivity contribution in [3.63, 3.8) is 0 Å². The summed E-state index contributed by atoms with van der Waals surface area (Å²) >= 11 is 0. The van der Waals surface area contributed by atoms with Gasteiger partial charge in [-0.05, 0) is 42.0 Å². The van der Waals surface area contributed by atoms with Crippen LogP contribution in [0.25, 0.3) is 33.2 Å². The Bertz CT molecular complexity index is 1630. The molecule has 0 fully saturated rings. The number of nitrogens with one attached hydrogen (secondary N) is 1. The van der Waals surface area contributed by atoms with Gasteiger partial charge in [0, 0.05) is 48.3 Å². The van der Waals surface area contributed by atoms with Crippen LogP contribution in [0.4, 0.5) is 29.3 Å². The van der Waals surface area contributed by atoms with Gasteiger partial charge in [0.1, 0.15) is 11.2 Å². The van der Waals surface area contributed by atoms with Gasteiger partial charge in [0.25, 0.3) is 0 Å². The third kappa shape index (κ3) is 3.37. The molecule has 1 aromatic carbocycles. The summed E-state index contributed by atoms with van der Waals surface area (Å²) in [5.74, 6) is 0. The van der Waals surface area contributed by atoms with Crippen molar-refractivity contribution in [2.24, 2.45) is 0 Å². The van der Waals surface area contributed by atoms with Gasteiger partial charge < -0.3 is 9.88 Å². The third-order valence-electron chi connectivity index (χ3n) is 6.10. The lowest BCUT2D eigenvalue weighted by atomic mass is 9.98. The Labute approximate surface area is 196 Å². The van der Waals surface area contributed by atoms with Crippen molar-refractivity contribution in [1.82, 2.24) is 24.8 Å². The number of nitrogens with zero attached hydrogens (tertiary/aromatic N) is 5. The fraction of sp³-hybridized carbons (Fsp3) is 0.120. The van der Waals surface area contributed by atoms with Crippen molar-refractivity contribution in [3.05, 3.63) is 78.4 Å². The first kappa shape index (κ1) is 21.1. The van der Waals surface area contributed by atoms with E-state index in [2.05, 4.69) is 19.9 Å². The third-order valence-corrected chi connectivity index (χ3v) is 6.10. The van der Waals surface area contributed by atoms with Crippen LogP contribution in [0, 0.1) is 0 Å². The molecule has 0 unspecified atom stereocenters. The first-order chi connectivity index (χ1) is 16.8. The lowest BCUT2D eigenvalue weighted by molar-refractivity contribution is -0.137. The Balaban J connectivity index is 1.57. The number of H-pyrrole nitrogens is 1. The number of halogens is 3. The maximum absolute atomic E-state index is 14.3. The summed E-state index contributed by atoms with van der Waals surface area (Å²) in [5, 5.41) is 0.700. The molecule has 0 spiro atoms. The highest BCUT2D eigenvalue weighted by Crippen LogP contribution is 2.43. The van der Waals surface area contributed by atoms with Crippen LogP contribution in [0.5, 0.6) is 0 Å².